The van der Waals surface area contributed by atoms with Crippen molar-refractivity contribution in [2.75, 3.05) is 10.8 Å². The van der Waals surface area contributed by atoms with Crippen molar-refractivity contribution in [1.29, 1.82) is 0 Å². The van der Waals surface area contributed by atoms with E-state index in [0.717, 1.165) is 27.1 Å². The molecule has 9 heteroatoms. The van der Waals surface area contributed by atoms with Gasteiger partial charge < -0.3 is 0 Å². The summed E-state index contributed by atoms with van der Waals surface area (Å²) in [5.41, 5.74) is 1.73. The molecule has 1 N–H and O–H groups in total. The second-order valence-corrected chi connectivity index (χ2v) is 10.5. The van der Waals surface area contributed by atoms with Gasteiger partial charge in [0, 0.05) is 16.8 Å². The zero-order chi connectivity index (χ0) is 20.7. The molecule has 0 radical (unpaired) electrons. The molecule has 1 aliphatic carbocycles. The van der Waals surface area contributed by atoms with Crippen LogP contribution in [0.5, 0.6) is 0 Å². The van der Waals surface area contributed by atoms with Gasteiger partial charge in [0.25, 0.3) is 10.0 Å². The minimum atomic E-state index is -3.70. The maximum Gasteiger partial charge on any atom is 0.264 e. The number of rotatable bonds is 7. The van der Waals surface area contributed by atoms with Crippen LogP contribution in [0.15, 0.2) is 53.4 Å². The van der Waals surface area contributed by atoms with Crippen LogP contribution in [0.2, 0.25) is 0 Å². The normalized spacial score (nSPS) is 14.3. The number of hydrogen-bond acceptors (Lipinski definition) is 6. The monoisotopic (exact) mass is 439 g/mol. The lowest BCUT2D eigenvalue weighted by Gasteiger charge is -2.24. The Morgan fingerprint density at radius 3 is 2.57 bits per heavy atom. The Kier molecular flexibility index (Phi) is 4.79. The molecule has 154 valence electrons. The Hall–Kier alpha value is -2.78. The van der Waals surface area contributed by atoms with Crippen LogP contribution < -0.4 is 4.31 Å². The maximum atomic E-state index is 13.7. The molecule has 0 amide bonds. The number of aromatic nitrogens is 4. The van der Waals surface area contributed by atoms with E-state index >= 15 is 0 Å². The van der Waals surface area contributed by atoms with Crippen molar-refractivity contribution in [2.45, 2.75) is 31.1 Å². The number of thiophene rings is 1. The lowest BCUT2D eigenvalue weighted by Crippen LogP contribution is -2.32. The predicted molar refractivity (Wildman–Crippen MR) is 118 cm³/mol. The minimum Gasteiger partial charge on any atom is -0.257 e. The molecule has 2 heterocycles. The van der Waals surface area contributed by atoms with Gasteiger partial charge in [0.2, 0.25) is 5.82 Å². The van der Waals surface area contributed by atoms with Crippen molar-refractivity contribution in [2.24, 2.45) is 5.92 Å². The largest absolute Gasteiger partial charge is 0.264 e. The van der Waals surface area contributed by atoms with E-state index in [1.54, 1.807) is 39.9 Å². The van der Waals surface area contributed by atoms with Crippen molar-refractivity contribution in [3.8, 4) is 11.4 Å². The summed E-state index contributed by atoms with van der Waals surface area (Å²) in [5.74, 6) is 1.07. The zero-order valence-electron chi connectivity index (χ0n) is 16.4. The van der Waals surface area contributed by atoms with E-state index in [9.17, 15) is 8.42 Å². The fourth-order valence-corrected chi connectivity index (χ4v) is 6.61. The summed E-state index contributed by atoms with van der Waals surface area (Å²) >= 11 is 1.54. The molecule has 2 aromatic heterocycles. The van der Waals surface area contributed by atoms with Gasteiger partial charge in [-0.05, 0) is 65.8 Å². The highest BCUT2D eigenvalue weighted by Crippen LogP contribution is 2.41. The van der Waals surface area contributed by atoms with Crippen molar-refractivity contribution in [1.82, 2.24) is 20.6 Å². The number of sulfonamides is 1. The van der Waals surface area contributed by atoms with Gasteiger partial charge in [0.05, 0.1) is 4.90 Å². The van der Waals surface area contributed by atoms with Crippen LogP contribution in [0.3, 0.4) is 0 Å². The smallest absolute Gasteiger partial charge is 0.257 e. The first-order valence-corrected chi connectivity index (χ1v) is 12.1. The number of nitrogens with one attached hydrogen (secondary N) is 1. The summed E-state index contributed by atoms with van der Waals surface area (Å²) in [5, 5.41) is 15.8. The first-order chi connectivity index (χ1) is 14.5. The second-order valence-electron chi connectivity index (χ2n) is 7.60. The molecular formula is C21H21N5O2S2. The number of aryl methyl sites for hydroxylation is 1. The Labute approximate surface area is 178 Å². The van der Waals surface area contributed by atoms with Crippen molar-refractivity contribution >= 4 is 36.4 Å². The van der Waals surface area contributed by atoms with Crippen LogP contribution >= 0.6 is 11.3 Å². The number of benzene rings is 2. The van der Waals surface area contributed by atoms with Crippen molar-refractivity contribution < 1.29 is 8.42 Å². The third-order valence-corrected chi connectivity index (χ3v) is 8.75. The van der Waals surface area contributed by atoms with Gasteiger partial charge >= 0.3 is 0 Å². The van der Waals surface area contributed by atoms with Gasteiger partial charge in [-0.2, -0.15) is 5.21 Å². The first-order valence-electron chi connectivity index (χ1n) is 9.89. The standard InChI is InChI=1S/C21H21N5O2S2/c1-14-18-4-2-3-5-19(18)29-21(14)26(13-12-15-6-7-15)30(27,28)17-10-8-16(9-11-17)20-22-24-25-23-20/h2-5,8-11,15H,6-7,12-13H2,1H3,(H,22,23,24,25). The van der Waals surface area contributed by atoms with Gasteiger partial charge in [-0.15, -0.1) is 21.5 Å². The molecule has 1 aliphatic rings. The summed E-state index contributed by atoms with van der Waals surface area (Å²) in [6.45, 7) is 2.50. The Bertz CT molecular complexity index is 1280. The number of nitrogens with zero attached hydrogens (tertiary/aromatic N) is 4. The van der Waals surface area contributed by atoms with E-state index in [1.807, 2.05) is 25.1 Å². The third-order valence-electron chi connectivity index (χ3n) is 5.53. The Morgan fingerprint density at radius 2 is 1.90 bits per heavy atom. The lowest BCUT2D eigenvalue weighted by molar-refractivity contribution is 0.587. The highest BCUT2D eigenvalue weighted by Gasteiger charge is 2.31. The molecule has 0 aliphatic heterocycles. The summed E-state index contributed by atoms with van der Waals surface area (Å²) in [6.07, 6.45) is 3.27. The van der Waals surface area contributed by atoms with Crippen LogP contribution in [0.4, 0.5) is 5.00 Å². The van der Waals surface area contributed by atoms with E-state index in [0.29, 0.717) is 23.9 Å². The minimum absolute atomic E-state index is 0.266. The summed E-state index contributed by atoms with van der Waals surface area (Å²) in [7, 11) is -3.70. The number of H-pyrrole nitrogens is 1. The quantitative estimate of drug-likeness (QED) is 0.461. The summed E-state index contributed by atoms with van der Waals surface area (Å²) < 4.78 is 30.1. The first kappa shape index (κ1) is 19.2. The highest BCUT2D eigenvalue weighted by atomic mass is 32.2. The topological polar surface area (TPSA) is 91.8 Å². The highest BCUT2D eigenvalue weighted by molar-refractivity contribution is 7.93. The predicted octanol–water partition coefficient (Wildman–Crippen LogP) is 4.39. The second kappa shape index (κ2) is 7.48. The molecule has 30 heavy (non-hydrogen) atoms. The van der Waals surface area contributed by atoms with E-state index in [2.05, 4.69) is 26.7 Å². The van der Waals surface area contributed by atoms with Crippen LogP contribution in [0.25, 0.3) is 21.5 Å². The number of anilines is 1. The number of fused-ring (bicyclic) bond motifs is 1. The molecule has 0 unspecified atom stereocenters. The van der Waals surface area contributed by atoms with E-state index in [1.165, 1.54) is 12.8 Å². The van der Waals surface area contributed by atoms with E-state index in [-0.39, 0.29) is 4.90 Å². The molecule has 1 saturated carbocycles. The zero-order valence-corrected chi connectivity index (χ0v) is 18.1. The molecule has 0 bridgehead atoms. The van der Waals surface area contributed by atoms with Gasteiger partial charge in [-0.25, -0.2) is 8.42 Å². The lowest BCUT2D eigenvalue weighted by atomic mass is 10.2. The maximum absolute atomic E-state index is 13.7. The van der Waals surface area contributed by atoms with Crippen LogP contribution in [0.1, 0.15) is 24.8 Å². The molecular weight excluding hydrogens is 418 g/mol. The molecule has 1 fully saturated rings. The third kappa shape index (κ3) is 3.48. The Morgan fingerprint density at radius 1 is 1.13 bits per heavy atom. The van der Waals surface area contributed by atoms with Crippen LogP contribution in [-0.2, 0) is 10.0 Å². The van der Waals surface area contributed by atoms with E-state index in [4.69, 9.17) is 0 Å². The Balaban J connectivity index is 1.54. The van der Waals surface area contributed by atoms with Gasteiger partial charge in [-0.3, -0.25) is 4.31 Å². The molecule has 0 spiro atoms. The number of hydrogen-bond donors (Lipinski definition) is 1. The van der Waals surface area contributed by atoms with Gasteiger partial charge in [-0.1, -0.05) is 31.0 Å². The number of aromatic amines is 1. The van der Waals surface area contributed by atoms with Gasteiger partial charge in [0.15, 0.2) is 0 Å². The summed E-state index contributed by atoms with van der Waals surface area (Å²) in [4.78, 5) is 0.266. The molecule has 0 saturated heterocycles. The summed E-state index contributed by atoms with van der Waals surface area (Å²) in [6, 6.07) is 14.7. The SMILES string of the molecule is Cc1c(N(CCC2CC2)S(=O)(=O)c2ccc(-c3nn[nH]n3)cc2)sc2ccccc12. The van der Waals surface area contributed by atoms with Crippen LogP contribution in [0, 0.1) is 12.8 Å². The molecule has 4 aromatic rings. The van der Waals surface area contributed by atoms with Crippen molar-refractivity contribution in [3.05, 3.63) is 54.1 Å². The van der Waals surface area contributed by atoms with Crippen molar-refractivity contribution in [3.63, 3.8) is 0 Å². The fourth-order valence-electron chi connectivity index (χ4n) is 3.62. The molecule has 7 nitrogen and oxygen atoms in total. The molecule has 0 atom stereocenters. The van der Waals surface area contributed by atoms with Crippen LogP contribution in [-0.4, -0.2) is 35.6 Å². The average molecular weight is 440 g/mol. The molecule has 5 rings (SSSR count). The molecule has 2 aromatic carbocycles. The number of tetrazole rings is 1. The fraction of sp³-hybridized carbons (Fsp3) is 0.286. The average Bonchev–Trinajstić information content (AvgIpc) is 3.30. The van der Waals surface area contributed by atoms with Gasteiger partial charge in [0.1, 0.15) is 5.00 Å². The van der Waals surface area contributed by atoms with E-state index < -0.39 is 10.0 Å².